The molecule has 1 saturated heterocycles. The first-order chi connectivity index (χ1) is 17.0. The Kier molecular flexibility index (Phi) is 6.35. The lowest BCUT2D eigenvalue weighted by Crippen LogP contribution is -2.48. The van der Waals surface area contributed by atoms with E-state index in [9.17, 15) is 9.59 Å². The summed E-state index contributed by atoms with van der Waals surface area (Å²) in [5, 5.41) is 8.40. The summed E-state index contributed by atoms with van der Waals surface area (Å²) in [6.07, 6.45) is 5.30. The topological polar surface area (TPSA) is 75.7 Å². The number of carbonyl (C=O) groups excluding carboxylic acids is 1. The average Bonchev–Trinajstić information content (AvgIpc) is 3.28. The van der Waals surface area contributed by atoms with Gasteiger partial charge in [0, 0.05) is 62.8 Å². The first-order valence-electron chi connectivity index (χ1n) is 12.1. The van der Waals surface area contributed by atoms with Gasteiger partial charge in [-0.25, -0.2) is 0 Å². The predicted molar refractivity (Wildman–Crippen MR) is 136 cm³/mol. The summed E-state index contributed by atoms with van der Waals surface area (Å²) < 4.78 is 3.34. The van der Waals surface area contributed by atoms with Crippen molar-refractivity contribution in [1.29, 1.82) is 0 Å². The maximum atomic E-state index is 13.1. The minimum absolute atomic E-state index is 0.170. The number of anilines is 1. The molecule has 1 fully saturated rings. The van der Waals surface area contributed by atoms with Crippen LogP contribution in [-0.2, 0) is 11.2 Å². The van der Waals surface area contributed by atoms with Gasteiger partial charge in [-0.05, 0) is 55.7 Å². The number of benzene rings is 2. The van der Waals surface area contributed by atoms with Crippen LogP contribution in [0.25, 0.3) is 11.3 Å². The van der Waals surface area contributed by atoms with E-state index in [-0.39, 0.29) is 11.5 Å². The zero-order chi connectivity index (χ0) is 24.4. The van der Waals surface area contributed by atoms with Crippen molar-refractivity contribution in [3.05, 3.63) is 88.2 Å². The number of piperazine rings is 1. The number of fused-ring (bicyclic) bond motifs is 1. The molecule has 3 heterocycles. The normalized spacial score (nSPS) is 14.0. The maximum Gasteiger partial charge on any atom is 0.300 e. The van der Waals surface area contributed by atoms with Crippen molar-refractivity contribution in [3.63, 3.8) is 0 Å². The van der Waals surface area contributed by atoms with Gasteiger partial charge in [0.25, 0.3) is 0 Å². The van der Waals surface area contributed by atoms with E-state index in [0.717, 1.165) is 43.0 Å². The molecule has 0 radical (unpaired) electrons. The molecular weight excluding hydrogens is 440 g/mol. The maximum absolute atomic E-state index is 13.1. The van der Waals surface area contributed by atoms with Crippen LogP contribution in [0.15, 0.2) is 65.7 Å². The third-order valence-corrected chi connectivity index (χ3v) is 6.57. The molecule has 0 aliphatic carbocycles. The van der Waals surface area contributed by atoms with Crippen LogP contribution in [-0.4, -0.2) is 56.2 Å². The molecule has 0 unspecified atom stereocenters. The molecule has 5 rings (SSSR count). The molecule has 0 bridgehead atoms. The number of rotatable bonds is 6. The third-order valence-electron chi connectivity index (χ3n) is 6.57. The van der Waals surface area contributed by atoms with Crippen molar-refractivity contribution in [2.24, 2.45) is 0 Å². The van der Waals surface area contributed by atoms with E-state index in [2.05, 4.69) is 33.3 Å². The fourth-order valence-corrected chi connectivity index (χ4v) is 4.81. The summed E-state index contributed by atoms with van der Waals surface area (Å²) in [6, 6.07) is 16.4. The molecule has 8 nitrogen and oxygen atoms in total. The highest BCUT2D eigenvalue weighted by Crippen LogP contribution is 2.17. The number of amides is 1. The van der Waals surface area contributed by atoms with Crippen molar-refractivity contribution < 1.29 is 4.79 Å². The van der Waals surface area contributed by atoms with Crippen LogP contribution in [0.3, 0.4) is 0 Å². The van der Waals surface area contributed by atoms with Gasteiger partial charge in [-0.3, -0.25) is 18.6 Å². The molecule has 1 aliphatic heterocycles. The largest absolute Gasteiger partial charge is 0.368 e. The molecular formula is C27H30N6O2. The summed E-state index contributed by atoms with van der Waals surface area (Å²) in [5.41, 5.74) is 4.31. The number of hydrogen-bond donors (Lipinski definition) is 0. The number of aryl methyl sites for hydroxylation is 3. The van der Waals surface area contributed by atoms with Crippen molar-refractivity contribution in [2.75, 3.05) is 31.1 Å². The summed E-state index contributed by atoms with van der Waals surface area (Å²) in [7, 11) is 0. The number of nitrogens with zero attached hydrogens (tertiary/aromatic N) is 6. The molecule has 2 aromatic carbocycles. The molecule has 0 saturated carbocycles. The van der Waals surface area contributed by atoms with E-state index in [4.69, 9.17) is 0 Å². The smallest absolute Gasteiger partial charge is 0.300 e. The lowest BCUT2D eigenvalue weighted by atomic mass is 10.1. The zero-order valence-corrected chi connectivity index (χ0v) is 20.2. The highest BCUT2D eigenvalue weighted by Gasteiger charge is 2.21. The molecule has 0 atom stereocenters. The van der Waals surface area contributed by atoms with Crippen molar-refractivity contribution in [1.82, 2.24) is 24.1 Å². The van der Waals surface area contributed by atoms with Gasteiger partial charge in [-0.2, -0.15) is 0 Å². The first kappa shape index (κ1) is 22.8. The predicted octanol–water partition coefficient (Wildman–Crippen LogP) is 3.17. The van der Waals surface area contributed by atoms with Gasteiger partial charge in [0.05, 0.1) is 0 Å². The zero-order valence-electron chi connectivity index (χ0n) is 20.2. The summed E-state index contributed by atoms with van der Waals surface area (Å²) in [4.78, 5) is 30.1. The van der Waals surface area contributed by atoms with Crippen LogP contribution in [0.2, 0.25) is 0 Å². The van der Waals surface area contributed by atoms with E-state index < -0.39 is 0 Å². The van der Waals surface area contributed by atoms with Crippen molar-refractivity contribution in [2.45, 2.75) is 33.1 Å². The second-order valence-corrected chi connectivity index (χ2v) is 9.19. The molecule has 4 aromatic rings. The van der Waals surface area contributed by atoms with Gasteiger partial charge in [0.1, 0.15) is 5.82 Å². The molecule has 35 heavy (non-hydrogen) atoms. The van der Waals surface area contributed by atoms with E-state index in [1.165, 1.54) is 5.69 Å². The highest BCUT2D eigenvalue weighted by molar-refractivity contribution is 5.76. The van der Waals surface area contributed by atoms with E-state index >= 15 is 0 Å². The lowest BCUT2D eigenvalue weighted by molar-refractivity contribution is -0.131. The Morgan fingerprint density at radius 1 is 0.886 bits per heavy atom. The average molecular weight is 471 g/mol. The van der Waals surface area contributed by atoms with Crippen LogP contribution in [0, 0.1) is 13.8 Å². The quantitative estimate of drug-likeness (QED) is 0.433. The molecule has 8 heteroatoms. The van der Waals surface area contributed by atoms with Gasteiger partial charge in [0.15, 0.2) is 0 Å². The molecule has 180 valence electrons. The summed E-state index contributed by atoms with van der Waals surface area (Å²) >= 11 is 0. The number of para-hydroxylation sites is 1. The minimum Gasteiger partial charge on any atom is -0.368 e. The second-order valence-electron chi connectivity index (χ2n) is 9.19. The standard InChI is InChI=1S/C27H30N6O2/c1-20-17-21(2)19-23(18-20)32-15-16-33-24(28-29-26(33)27(32)35)9-6-10-25(34)31-13-11-30(12-14-31)22-7-4-3-5-8-22/h3-5,7-8,15-19H,6,9-14H2,1-2H3. The van der Waals surface area contributed by atoms with Gasteiger partial charge < -0.3 is 9.80 Å². The number of carbonyl (C=O) groups is 1. The highest BCUT2D eigenvalue weighted by atomic mass is 16.2. The fraction of sp³-hybridized carbons (Fsp3) is 0.333. The Labute approximate surface area is 204 Å². The van der Waals surface area contributed by atoms with Crippen LogP contribution in [0.4, 0.5) is 5.69 Å². The van der Waals surface area contributed by atoms with Crippen LogP contribution in [0.1, 0.15) is 29.8 Å². The molecule has 1 aliphatic rings. The van der Waals surface area contributed by atoms with Gasteiger partial charge in [0.2, 0.25) is 11.6 Å². The lowest BCUT2D eigenvalue weighted by Gasteiger charge is -2.36. The van der Waals surface area contributed by atoms with Crippen molar-refractivity contribution in [3.8, 4) is 5.69 Å². The number of hydrogen-bond acceptors (Lipinski definition) is 5. The van der Waals surface area contributed by atoms with E-state index in [1.807, 2.05) is 55.3 Å². The molecule has 0 spiro atoms. The summed E-state index contributed by atoms with van der Waals surface area (Å²) in [6.45, 7) is 7.19. The van der Waals surface area contributed by atoms with E-state index in [0.29, 0.717) is 30.7 Å². The van der Waals surface area contributed by atoms with Gasteiger partial charge in [-0.1, -0.05) is 24.3 Å². The van der Waals surface area contributed by atoms with Crippen LogP contribution < -0.4 is 10.5 Å². The van der Waals surface area contributed by atoms with Crippen LogP contribution >= 0.6 is 0 Å². The number of aromatic nitrogens is 4. The summed E-state index contributed by atoms with van der Waals surface area (Å²) in [5.74, 6) is 0.870. The van der Waals surface area contributed by atoms with Gasteiger partial charge >= 0.3 is 5.56 Å². The monoisotopic (exact) mass is 470 g/mol. The Balaban J connectivity index is 1.20. The molecule has 1 amide bonds. The fourth-order valence-electron chi connectivity index (χ4n) is 4.81. The van der Waals surface area contributed by atoms with Crippen molar-refractivity contribution >= 4 is 17.2 Å². The Bertz CT molecular complexity index is 1380. The third kappa shape index (κ3) is 4.82. The second kappa shape index (κ2) is 9.74. The molecule has 0 N–H and O–H groups in total. The molecule has 2 aromatic heterocycles. The Morgan fingerprint density at radius 3 is 2.31 bits per heavy atom. The minimum atomic E-state index is -0.205. The first-order valence-corrected chi connectivity index (χ1v) is 12.1. The Morgan fingerprint density at radius 2 is 1.60 bits per heavy atom. The SMILES string of the molecule is Cc1cc(C)cc(-n2ccn3c(CCCC(=O)N4CCN(c5ccccc5)CC4)nnc3c2=O)c1. The van der Waals surface area contributed by atoms with E-state index in [1.54, 1.807) is 15.2 Å². The van der Waals surface area contributed by atoms with Gasteiger partial charge in [-0.15, -0.1) is 10.2 Å². The van der Waals surface area contributed by atoms with Crippen LogP contribution in [0.5, 0.6) is 0 Å². The Hall–Kier alpha value is -3.94.